The van der Waals surface area contributed by atoms with Gasteiger partial charge in [0.1, 0.15) is 5.75 Å². The molecule has 0 N–H and O–H groups in total. The standard InChI is InChI=1S/C14H18O/c1-5-6-7-8-15-14-12(3)9-11(2)10-13(14)4/h1,9-10H,6-8H2,2-4H3. The molecule has 0 atom stereocenters. The second kappa shape index (κ2) is 5.46. The van der Waals surface area contributed by atoms with E-state index in [1.54, 1.807) is 0 Å². The Hall–Kier alpha value is -1.42. The Morgan fingerprint density at radius 3 is 2.33 bits per heavy atom. The van der Waals surface area contributed by atoms with Gasteiger partial charge in [0.2, 0.25) is 0 Å². The fourth-order valence-electron chi connectivity index (χ4n) is 1.74. The van der Waals surface area contributed by atoms with E-state index >= 15 is 0 Å². The van der Waals surface area contributed by atoms with Gasteiger partial charge in [-0.3, -0.25) is 0 Å². The van der Waals surface area contributed by atoms with E-state index in [0.29, 0.717) is 6.61 Å². The van der Waals surface area contributed by atoms with Crippen LogP contribution in [0.3, 0.4) is 0 Å². The number of benzene rings is 1. The van der Waals surface area contributed by atoms with Crippen LogP contribution in [-0.2, 0) is 0 Å². The summed E-state index contributed by atoms with van der Waals surface area (Å²) in [6, 6.07) is 4.28. The Kier molecular flexibility index (Phi) is 4.24. The third-order valence-corrected chi connectivity index (χ3v) is 2.32. The molecule has 1 rings (SSSR count). The average molecular weight is 202 g/mol. The second-order valence-electron chi connectivity index (χ2n) is 3.88. The summed E-state index contributed by atoms with van der Waals surface area (Å²) in [5.41, 5.74) is 3.68. The fraction of sp³-hybridized carbons (Fsp3) is 0.429. The number of ether oxygens (including phenoxy) is 1. The summed E-state index contributed by atoms with van der Waals surface area (Å²) in [5, 5.41) is 0. The van der Waals surface area contributed by atoms with Crippen LogP contribution < -0.4 is 4.74 Å². The summed E-state index contributed by atoms with van der Waals surface area (Å²) in [6.07, 6.45) is 6.88. The molecule has 0 fully saturated rings. The van der Waals surface area contributed by atoms with Crippen molar-refractivity contribution in [2.75, 3.05) is 6.61 Å². The predicted molar refractivity (Wildman–Crippen MR) is 64.2 cm³/mol. The number of hydrogen-bond donors (Lipinski definition) is 0. The zero-order valence-electron chi connectivity index (χ0n) is 9.76. The van der Waals surface area contributed by atoms with Crippen molar-refractivity contribution in [1.29, 1.82) is 0 Å². The minimum Gasteiger partial charge on any atom is -0.493 e. The van der Waals surface area contributed by atoms with Gasteiger partial charge in [-0.15, -0.1) is 12.3 Å². The predicted octanol–water partition coefficient (Wildman–Crippen LogP) is 3.40. The molecule has 80 valence electrons. The summed E-state index contributed by atoms with van der Waals surface area (Å²) in [6.45, 7) is 6.96. The van der Waals surface area contributed by atoms with Crippen molar-refractivity contribution in [2.45, 2.75) is 33.6 Å². The summed E-state index contributed by atoms with van der Waals surface area (Å²) in [5.74, 6) is 3.62. The highest BCUT2D eigenvalue weighted by Gasteiger charge is 2.04. The van der Waals surface area contributed by atoms with Gasteiger partial charge in [0.15, 0.2) is 0 Å². The van der Waals surface area contributed by atoms with Crippen molar-refractivity contribution < 1.29 is 4.74 Å². The van der Waals surface area contributed by atoms with Crippen LogP contribution in [0.15, 0.2) is 12.1 Å². The molecule has 0 unspecified atom stereocenters. The lowest BCUT2D eigenvalue weighted by atomic mass is 10.1. The van der Waals surface area contributed by atoms with E-state index in [-0.39, 0.29) is 0 Å². The van der Waals surface area contributed by atoms with Gasteiger partial charge in [-0.05, 0) is 38.3 Å². The molecular weight excluding hydrogens is 184 g/mol. The third kappa shape index (κ3) is 3.32. The van der Waals surface area contributed by atoms with Crippen LogP contribution in [-0.4, -0.2) is 6.61 Å². The maximum atomic E-state index is 5.73. The van der Waals surface area contributed by atoms with E-state index < -0.39 is 0 Å². The van der Waals surface area contributed by atoms with Crippen LogP contribution in [0.1, 0.15) is 29.5 Å². The molecule has 0 saturated carbocycles. The SMILES string of the molecule is C#CCCCOc1c(C)cc(C)cc1C. The maximum Gasteiger partial charge on any atom is 0.125 e. The maximum absolute atomic E-state index is 5.73. The van der Waals surface area contributed by atoms with E-state index in [9.17, 15) is 0 Å². The van der Waals surface area contributed by atoms with Crippen molar-refractivity contribution in [1.82, 2.24) is 0 Å². The zero-order valence-corrected chi connectivity index (χ0v) is 9.76. The van der Waals surface area contributed by atoms with Gasteiger partial charge in [0, 0.05) is 6.42 Å². The van der Waals surface area contributed by atoms with Crippen molar-refractivity contribution in [3.63, 3.8) is 0 Å². The van der Waals surface area contributed by atoms with Gasteiger partial charge in [-0.1, -0.05) is 17.7 Å². The smallest absolute Gasteiger partial charge is 0.125 e. The molecule has 0 saturated heterocycles. The molecule has 1 nitrogen and oxygen atoms in total. The Bertz CT molecular complexity index is 348. The Labute approximate surface area is 92.5 Å². The number of hydrogen-bond acceptors (Lipinski definition) is 1. The normalized spacial score (nSPS) is 9.73. The lowest BCUT2D eigenvalue weighted by Gasteiger charge is -2.12. The summed E-state index contributed by atoms with van der Waals surface area (Å²) in [4.78, 5) is 0. The molecule has 0 radical (unpaired) electrons. The largest absolute Gasteiger partial charge is 0.493 e. The molecule has 1 heteroatoms. The van der Waals surface area contributed by atoms with Crippen molar-refractivity contribution in [3.05, 3.63) is 28.8 Å². The first kappa shape index (κ1) is 11.7. The Balaban J connectivity index is 2.65. The average Bonchev–Trinajstić information content (AvgIpc) is 2.15. The summed E-state index contributed by atoms with van der Waals surface area (Å²) >= 11 is 0. The summed E-state index contributed by atoms with van der Waals surface area (Å²) < 4.78 is 5.73. The van der Waals surface area contributed by atoms with E-state index in [1.165, 1.54) is 16.7 Å². The fourth-order valence-corrected chi connectivity index (χ4v) is 1.74. The first-order valence-corrected chi connectivity index (χ1v) is 5.29. The minimum absolute atomic E-state index is 0.703. The molecule has 0 spiro atoms. The molecule has 0 aliphatic rings. The van der Waals surface area contributed by atoms with Gasteiger partial charge in [0.25, 0.3) is 0 Å². The highest BCUT2D eigenvalue weighted by Crippen LogP contribution is 2.24. The van der Waals surface area contributed by atoms with Gasteiger partial charge in [-0.25, -0.2) is 0 Å². The molecule has 0 aromatic heterocycles. The van der Waals surface area contributed by atoms with Gasteiger partial charge in [0.05, 0.1) is 6.61 Å². The summed E-state index contributed by atoms with van der Waals surface area (Å²) in [7, 11) is 0. The molecule has 0 heterocycles. The van der Waals surface area contributed by atoms with Crippen LogP contribution >= 0.6 is 0 Å². The first-order valence-electron chi connectivity index (χ1n) is 5.29. The van der Waals surface area contributed by atoms with Crippen LogP contribution in [0, 0.1) is 33.1 Å². The number of rotatable bonds is 4. The Morgan fingerprint density at radius 2 is 1.80 bits per heavy atom. The third-order valence-electron chi connectivity index (χ3n) is 2.32. The number of terminal acetylenes is 1. The van der Waals surface area contributed by atoms with Crippen LogP contribution in [0.4, 0.5) is 0 Å². The van der Waals surface area contributed by atoms with Gasteiger partial charge < -0.3 is 4.74 Å². The van der Waals surface area contributed by atoms with Gasteiger partial charge in [-0.2, -0.15) is 0 Å². The molecule has 1 aromatic rings. The molecule has 15 heavy (non-hydrogen) atoms. The minimum atomic E-state index is 0.703. The molecule has 1 aromatic carbocycles. The van der Waals surface area contributed by atoms with Crippen LogP contribution in [0.2, 0.25) is 0 Å². The lowest BCUT2D eigenvalue weighted by Crippen LogP contribution is -2.00. The highest BCUT2D eigenvalue weighted by atomic mass is 16.5. The molecule has 0 bridgehead atoms. The molecular formula is C14H18O. The monoisotopic (exact) mass is 202 g/mol. The quantitative estimate of drug-likeness (QED) is 0.537. The van der Waals surface area contributed by atoms with Crippen molar-refractivity contribution in [3.8, 4) is 18.1 Å². The van der Waals surface area contributed by atoms with Crippen LogP contribution in [0.5, 0.6) is 5.75 Å². The van der Waals surface area contributed by atoms with Gasteiger partial charge >= 0.3 is 0 Å². The Morgan fingerprint density at radius 1 is 1.20 bits per heavy atom. The number of aryl methyl sites for hydroxylation is 3. The van der Waals surface area contributed by atoms with E-state index in [1.807, 2.05) is 0 Å². The van der Waals surface area contributed by atoms with E-state index in [4.69, 9.17) is 11.2 Å². The zero-order chi connectivity index (χ0) is 11.3. The second-order valence-corrected chi connectivity index (χ2v) is 3.88. The van der Waals surface area contributed by atoms with Crippen molar-refractivity contribution >= 4 is 0 Å². The molecule has 0 aliphatic heterocycles. The topological polar surface area (TPSA) is 9.23 Å². The van der Waals surface area contributed by atoms with E-state index in [0.717, 1.165) is 18.6 Å². The van der Waals surface area contributed by atoms with E-state index in [2.05, 4.69) is 38.8 Å². The molecule has 0 aliphatic carbocycles. The highest BCUT2D eigenvalue weighted by molar-refractivity contribution is 5.42. The lowest BCUT2D eigenvalue weighted by molar-refractivity contribution is 0.309. The molecule has 0 amide bonds. The number of unbranched alkanes of at least 4 members (excludes halogenated alkanes) is 1. The van der Waals surface area contributed by atoms with Crippen LogP contribution in [0.25, 0.3) is 0 Å². The first-order chi connectivity index (χ1) is 7.15. The van der Waals surface area contributed by atoms with Crippen molar-refractivity contribution in [2.24, 2.45) is 0 Å².